The van der Waals surface area contributed by atoms with Gasteiger partial charge >= 0.3 is 0 Å². The highest BCUT2D eigenvalue weighted by Crippen LogP contribution is 2.53. The summed E-state index contributed by atoms with van der Waals surface area (Å²) >= 11 is 16.1. The number of ether oxygens (including phenoxy) is 1. The molecule has 0 atom stereocenters. The standard InChI is InChI=1S/C13H16Cl2OS2/c1-12(14,15)9-4-5-11-10(8-9)13(17-2,18-3)6-7-16-11/h4-5,8H,6-7H2,1-3H3. The molecule has 5 heteroatoms. The lowest BCUT2D eigenvalue weighted by molar-refractivity contribution is 0.280. The van der Waals surface area contributed by atoms with E-state index in [0.717, 1.165) is 24.3 Å². The van der Waals surface area contributed by atoms with Crippen LogP contribution in [0, 0.1) is 0 Å². The minimum absolute atomic E-state index is 0.0443. The van der Waals surface area contributed by atoms with Crippen LogP contribution in [0.2, 0.25) is 0 Å². The maximum absolute atomic E-state index is 6.19. The SMILES string of the molecule is CSC1(SC)CCOc2ccc(C(C)(Cl)Cl)cc21. The van der Waals surface area contributed by atoms with Crippen molar-refractivity contribution in [3.8, 4) is 5.75 Å². The molecule has 0 unspecified atom stereocenters. The lowest BCUT2D eigenvalue weighted by Gasteiger charge is -2.36. The highest BCUT2D eigenvalue weighted by molar-refractivity contribution is 8.16. The van der Waals surface area contributed by atoms with E-state index in [1.165, 1.54) is 5.56 Å². The number of alkyl halides is 2. The van der Waals surface area contributed by atoms with E-state index < -0.39 is 4.33 Å². The highest BCUT2D eigenvalue weighted by Gasteiger charge is 2.37. The zero-order chi connectivity index (χ0) is 13.4. The van der Waals surface area contributed by atoms with Gasteiger partial charge in [-0.2, -0.15) is 0 Å². The summed E-state index contributed by atoms with van der Waals surface area (Å²) < 4.78 is 4.92. The number of benzene rings is 1. The Labute approximate surface area is 127 Å². The molecule has 0 radical (unpaired) electrons. The third-order valence-electron chi connectivity index (χ3n) is 3.25. The Kier molecular flexibility index (Phi) is 4.37. The molecule has 0 amide bonds. The van der Waals surface area contributed by atoms with E-state index in [1.54, 1.807) is 6.92 Å². The fourth-order valence-electron chi connectivity index (χ4n) is 2.16. The molecule has 0 aliphatic carbocycles. The largest absolute Gasteiger partial charge is 0.493 e. The summed E-state index contributed by atoms with van der Waals surface area (Å²) in [4.78, 5) is 0. The van der Waals surface area contributed by atoms with Crippen LogP contribution in [0.25, 0.3) is 0 Å². The van der Waals surface area contributed by atoms with Gasteiger partial charge in [0.1, 0.15) is 10.1 Å². The summed E-state index contributed by atoms with van der Waals surface area (Å²) in [5.74, 6) is 0.950. The Morgan fingerprint density at radius 2 is 1.94 bits per heavy atom. The molecule has 100 valence electrons. The summed E-state index contributed by atoms with van der Waals surface area (Å²) in [5.41, 5.74) is 2.11. The Balaban J connectivity index is 2.54. The van der Waals surface area contributed by atoms with Crippen LogP contribution in [0.4, 0.5) is 0 Å². The lowest BCUT2D eigenvalue weighted by Crippen LogP contribution is -2.27. The predicted octanol–water partition coefficient (Wildman–Crippen LogP) is 5.00. The molecule has 18 heavy (non-hydrogen) atoms. The molecule has 0 aromatic heterocycles. The Morgan fingerprint density at radius 1 is 1.28 bits per heavy atom. The van der Waals surface area contributed by atoms with Crippen molar-refractivity contribution in [2.24, 2.45) is 0 Å². The third-order valence-corrected chi connectivity index (χ3v) is 6.85. The van der Waals surface area contributed by atoms with E-state index in [2.05, 4.69) is 18.6 Å². The van der Waals surface area contributed by atoms with Gasteiger partial charge in [-0.25, -0.2) is 0 Å². The minimum atomic E-state index is -0.866. The van der Waals surface area contributed by atoms with Gasteiger partial charge in [0.05, 0.1) is 10.7 Å². The van der Waals surface area contributed by atoms with Crippen molar-refractivity contribution in [1.29, 1.82) is 0 Å². The van der Waals surface area contributed by atoms with Crippen LogP contribution in [-0.2, 0) is 8.41 Å². The molecule has 1 aromatic rings. The van der Waals surface area contributed by atoms with Crippen LogP contribution < -0.4 is 4.74 Å². The van der Waals surface area contributed by atoms with Crippen LogP contribution in [0.15, 0.2) is 18.2 Å². The first kappa shape index (κ1) is 14.7. The summed E-state index contributed by atoms with van der Waals surface area (Å²) in [6, 6.07) is 6.01. The van der Waals surface area contributed by atoms with Gasteiger partial charge in [-0.15, -0.1) is 23.5 Å². The minimum Gasteiger partial charge on any atom is -0.493 e. The number of rotatable bonds is 3. The van der Waals surface area contributed by atoms with Crippen LogP contribution in [-0.4, -0.2) is 19.1 Å². The monoisotopic (exact) mass is 322 g/mol. The van der Waals surface area contributed by atoms with Crippen molar-refractivity contribution in [2.75, 3.05) is 19.1 Å². The van der Waals surface area contributed by atoms with Crippen LogP contribution in [0.3, 0.4) is 0 Å². The topological polar surface area (TPSA) is 9.23 Å². The van der Waals surface area contributed by atoms with E-state index in [1.807, 2.05) is 35.7 Å². The second-order valence-electron chi connectivity index (χ2n) is 4.36. The first-order chi connectivity index (χ1) is 8.43. The smallest absolute Gasteiger partial charge is 0.140 e. The van der Waals surface area contributed by atoms with Crippen molar-refractivity contribution in [3.63, 3.8) is 0 Å². The van der Waals surface area contributed by atoms with E-state index in [0.29, 0.717) is 0 Å². The Bertz CT molecular complexity index is 439. The molecule has 1 nitrogen and oxygen atoms in total. The van der Waals surface area contributed by atoms with Gasteiger partial charge in [0.25, 0.3) is 0 Å². The van der Waals surface area contributed by atoms with Gasteiger partial charge < -0.3 is 4.74 Å². The molecule has 1 aliphatic rings. The number of hydrogen-bond donors (Lipinski definition) is 0. The molecule has 0 saturated carbocycles. The quantitative estimate of drug-likeness (QED) is 0.572. The first-order valence-corrected chi connectivity index (χ1v) is 8.89. The van der Waals surface area contributed by atoms with Gasteiger partial charge in [-0.05, 0) is 37.1 Å². The maximum Gasteiger partial charge on any atom is 0.140 e. The molecule has 0 fully saturated rings. The molecule has 0 N–H and O–H groups in total. The summed E-state index contributed by atoms with van der Waals surface area (Å²) in [7, 11) is 0. The average molecular weight is 323 g/mol. The van der Waals surface area contributed by atoms with Gasteiger partial charge in [0.15, 0.2) is 0 Å². The second-order valence-corrected chi connectivity index (χ2v) is 8.53. The highest BCUT2D eigenvalue weighted by atomic mass is 35.5. The Morgan fingerprint density at radius 3 is 2.50 bits per heavy atom. The molecule has 1 heterocycles. The lowest BCUT2D eigenvalue weighted by atomic mass is 10.0. The second kappa shape index (κ2) is 5.35. The fraction of sp³-hybridized carbons (Fsp3) is 0.538. The van der Waals surface area contributed by atoms with Crippen molar-refractivity contribution < 1.29 is 4.74 Å². The number of hydrogen-bond acceptors (Lipinski definition) is 3. The van der Waals surface area contributed by atoms with Crippen molar-refractivity contribution >= 4 is 46.7 Å². The molecule has 1 aliphatic heterocycles. The summed E-state index contributed by atoms with van der Waals surface area (Å²) in [5, 5.41) is 0. The normalized spacial score (nSPS) is 18.1. The average Bonchev–Trinajstić information content (AvgIpc) is 2.36. The zero-order valence-electron chi connectivity index (χ0n) is 10.6. The summed E-state index contributed by atoms with van der Waals surface area (Å²) in [6.07, 6.45) is 5.27. The first-order valence-electron chi connectivity index (χ1n) is 5.69. The number of thioether (sulfide) groups is 2. The van der Waals surface area contributed by atoms with E-state index >= 15 is 0 Å². The van der Waals surface area contributed by atoms with Crippen molar-refractivity contribution in [1.82, 2.24) is 0 Å². The van der Waals surface area contributed by atoms with E-state index in [4.69, 9.17) is 27.9 Å². The molecule has 0 spiro atoms. The molecule has 0 bridgehead atoms. The van der Waals surface area contributed by atoms with Crippen LogP contribution >= 0.6 is 46.7 Å². The molecule has 0 saturated heterocycles. The Hall–Kier alpha value is 0.300. The van der Waals surface area contributed by atoms with Gasteiger partial charge in [-0.3, -0.25) is 0 Å². The van der Waals surface area contributed by atoms with Gasteiger partial charge in [0.2, 0.25) is 0 Å². The van der Waals surface area contributed by atoms with Crippen LogP contribution in [0.5, 0.6) is 5.75 Å². The van der Waals surface area contributed by atoms with Gasteiger partial charge in [-0.1, -0.05) is 29.3 Å². The van der Waals surface area contributed by atoms with Gasteiger partial charge in [0, 0.05) is 12.0 Å². The van der Waals surface area contributed by atoms with Crippen molar-refractivity contribution in [3.05, 3.63) is 29.3 Å². The molecular weight excluding hydrogens is 307 g/mol. The predicted molar refractivity (Wildman–Crippen MR) is 84.3 cm³/mol. The van der Waals surface area contributed by atoms with Crippen LogP contribution in [0.1, 0.15) is 24.5 Å². The molecule has 2 rings (SSSR count). The van der Waals surface area contributed by atoms with Crippen molar-refractivity contribution in [2.45, 2.75) is 21.8 Å². The maximum atomic E-state index is 6.19. The third kappa shape index (κ3) is 2.60. The number of halogens is 2. The van der Waals surface area contributed by atoms with E-state index in [9.17, 15) is 0 Å². The molecule has 1 aromatic carbocycles. The fourth-order valence-corrected chi connectivity index (χ4v) is 4.40. The zero-order valence-corrected chi connectivity index (χ0v) is 13.8. The summed E-state index contributed by atoms with van der Waals surface area (Å²) in [6.45, 7) is 2.55. The van der Waals surface area contributed by atoms with E-state index in [-0.39, 0.29) is 4.08 Å². The molecular formula is C13H16Cl2OS2. The number of fused-ring (bicyclic) bond motifs is 1.